The third kappa shape index (κ3) is 4.67. The van der Waals surface area contributed by atoms with Crippen molar-refractivity contribution in [3.05, 3.63) is 82.6 Å². The summed E-state index contributed by atoms with van der Waals surface area (Å²) >= 11 is 2.92. The number of para-hydroxylation sites is 1. The number of carbonyl (C=O) groups is 2. The minimum Gasteiger partial charge on any atom is -0.467 e. The van der Waals surface area contributed by atoms with Crippen LogP contribution in [0.1, 0.15) is 21.1 Å². The molecule has 3 aromatic heterocycles. The Morgan fingerprint density at radius 2 is 1.93 bits per heavy atom. The highest BCUT2D eigenvalue weighted by atomic mass is 32.1. The fourth-order valence-corrected chi connectivity index (χ4v) is 4.76. The maximum Gasteiger partial charge on any atom is 0.266 e. The van der Waals surface area contributed by atoms with Crippen molar-refractivity contribution in [3.63, 3.8) is 0 Å². The van der Waals surface area contributed by atoms with E-state index < -0.39 is 0 Å². The highest BCUT2D eigenvalue weighted by molar-refractivity contribution is 7.22. The van der Waals surface area contributed by atoms with Crippen molar-refractivity contribution >= 4 is 40.2 Å². The van der Waals surface area contributed by atoms with E-state index >= 15 is 0 Å². The van der Waals surface area contributed by atoms with Gasteiger partial charge in [-0.25, -0.2) is 4.98 Å². The van der Waals surface area contributed by atoms with E-state index in [1.807, 2.05) is 42.6 Å². The molecule has 2 amide bonds. The summed E-state index contributed by atoms with van der Waals surface area (Å²) in [6.07, 6.45) is 1.55. The average Bonchev–Trinajstić information content (AvgIpc) is 3.50. The summed E-state index contributed by atoms with van der Waals surface area (Å²) in [5.41, 5.74) is 1.34. The van der Waals surface area contributed by atoms with Gasteiger partial charge in [0.1, 0.15) is 22.2 Å². The number of amides is 2. The van der Waals surface area contributed by atoms with E-state index in [0.717, 1.165) is 9.88 Å². The highest BCUT2D eigenvalue weighted by Gasteiger charge is 2.25. The topological polar surface area (TPSA) is 75.4 Å². The molecule has 1 N–H and O–H groups in total. The van der Waals surface area contributed by atoms with Crippen LogP contribution in [0.2, 0.25) is 0 Å². The summed E-state index contributed by atoms with van der Waals surface area (Å²) in [5.74, 6) is 0.0886. The molecule has 0 unspecified atom stereocenters. The van der Waals surface area contributed by atoms with Crippen molar-refractivity contribution in [2.24, 2.45) is 0 Å². The van der Waals surface area contributed by atoms with Crippen molar-refractivity contribution in [1.82, 2.24) is 9.88 Å². The lowest BCUT2D eigenvalue weighted by Crippen LogP contribution is -2.37. The summed E-state index contributed by atoms with van der Waals surface area (Å²) < 4.78 is 5.41. The average molecular weight is 438 g/mol. The molecule has 0 atom stereocenters. The van der Waals surface area contributed by atoms with Gasteiger partial charge in [-0.15, -0.1) is 22.7 Å². The van der Waals surface area contributed by atoms with Gasteiger partial charge in [-0.2, -0.15) is 0 Å². The van der Waals surface area contributed by atoms with Crippen LogP contribution in [0.3, 0.4) is 0 Å². The Morgan fingerprint density at radius 3 is 2.63 bits per heavy atom. The summed E-state index contributed by atoms with van der Waals surface area (Å²) in [4.78, 5) is 33.5. The number of nitrogens with one attached hydrogen (secondary N) is 1. The number of aromatic nitrogens is 1. The number of anilines is 1. The molecule has 0 fully saturated rings. The van der Waals surface area contributed by atoms with Crippen LogP contribution >= 0.6 is 22.7 Å². The molecule has 1 aromatic carbocycles. The molecule has 0 aliphatic carbocycles. The number of thiophene rings is 1. The Hall–Kier alpha value is -3.23. The van der Waals surface area contributed by atoms with Crippen LogP contribution in [0.15, 0.2) is 70.7 Å². The molecule has 0 aliphatic heterocycles. The Morgan fingerprint density at radius 1 is 1.10 bits per heavy atom. The van der Waals surface area contributed by atoms with Crippen LogP contribution in [0.25, 0.3) is 9.88 Å². The second kappa shape index (κ2) is 9.06. The van der Waals surface area contributed by atoms with Gasteiger partial charge < -0.3 is 14.6 Å². The first-order chi connectivity index (χ1) is 14.6. The molecule has 0 aliphatic rings. The fraction of sp³-hybridized carbons (Fsp3) is 0.136. The Labute approximate surface area is 181 Å². The standard InChI is InChI=1S/C22H19N3O3S2/c1-15-20(30-21(23-15)18-10-6-12-29-18)22(27)25(13-17-9-5-11-28-17)14-19(26)24-16-7-3-2-4-8-16/h2-12H,13-14H2,1H3,(H,24,26). The zero-order valence-electron chi connectivity index (χ0n) is 16.2. The summed E-state index contributed by atoms with van der Waals surface area (Å²) in [6, 6.07) is 16.6. The number of rotatable bonds is 7. The Kier molecular flexibility index (Phi) is 6.06. The smallest absolute Gasteiger partial charge is 0.266 e. The van der Waals surface area contributed by atoms with E-state index in [4.69, 9.17) is 4.42 Å². The van der Waals surface area contributed by atoms with Gasteiger partial charge in [0.2, 0.25) is 5.91 Å². The molecule has 0 saturated carbocycles. The van der Waals surface area contributed by atoms with E-state index in [0.29, 0.717) is 22.0 Å². The van der Waals surface area contributed by atoms with Gasteiger partial charge >= 0.3 is 0 Å². The molecule has 0 saturated heterocycles. The summed E-state index contributed by atoms with van der Waals surface area (Å²) in [5, 5.41) is 5.61. The number of aryl methyl sites for hydroxylation is 1. The molecule has 4 rings (SSSR count). The number of hydrogen-bond acceptors (Lipinski definition) is 6. The third-order valence-electron chi connectivity index (χ3n) is 4.33. The number of hydrogen-bond donors (Lipinski definition) is 1. The van der Waals surface area contributed by atoms with Gasteiger partial charge in [0, 0.05) is 5.69 Å². The molecule has 0 radical (unpaired) electrons. The Balaban J connectivity index is 1.56. The molecule has 0 spiro atoms. The minimum absolute atomic E-state index is 0.0971. The molecule has 3 heterocycles. The van der Waals surface area contributed by atoms with Gasteiger partial charge in [0.25, 0.3) is 5.91 Å². The number of carbonyl (C=O) groups excluding carboxylic acids is 2. The number of thiazole rings is 1. The van der Waals surface area contributed by atoms with Crippen LogP contribution in [-0.4, -0.2) is 28.2 Å². The zero-order chi connectivity index (χ0) is 20.9. The molecule has 4 aromatic rings. The third-order valence-corrected chi connectivity index (χ3v) is 6.51. The van der Waals surface area contributed by atoms with Crippen LogP contribution in [0.5, 0.6) is 0 Å². The van der Waals surface area contributed by atoms with Gasteiger partial charge in [0.15, 0.2) is 0 Å². The SMILES string of the molecule is Cc1nc(-c2cccs2)sc1C(=O)N(CC(=O)Nc1ccccc1)Cc1ccco1. The highest BCUT2D eigenvalue weighted by Crippen LogP contribution is 2.32. The van der Waals surface area contributed by atoms with Crippen molar-refractivity contribution in [2.45, 2.75) is 13.5 Å². The quantitative estimate of drug-likeness (QED) is 0.439. The lowest BCUT2D eigenvalue weighted by molar-refractivity contribution is -0.117. The van der Waals surface area contributed by atoms with Crippen molar-refractivity contribution in [3.8, 4) is 9.88 Å². The van der Waals surface area contributed by atoms with E-state index in [2.05, 4.69) is 10.3 Å². The van der Waals surface area contributed by atoms with Gasteiger partial charge in [-0.05, 0) is 42.6 Å². The summed E-state index contributed by atoms with van der Waals surface area (Å²) in [7, 11) is 0. The lowest BCUT2D eigenvalue weighted by Gasteiger charge is -2.21. The van der Waals surface area contributed by atoms with Gasteiger partial charge in [-0.1, -0.05) is 24.3 Å². The lowest BCUT2D eigenvalue weighted by atomic mass is 10.3. The normalized spacial score (nSPS) is 10.7. The monoisotopic (exact) mass is 437 g/mol. The van der Waals surface area contributed by atoms with Crippen molar-refractivity contribution in [1.29, 1.82) is 0 Å². The molecule has 30 heavy (non-hydrogen) atoms. The number of furan rings is 1. The second-order valence-corrected chi connectivity index (χ2v) is 8.51. The van der Waals surface area contributed by atoms with Crippen LogP contribution in [0.4, 0.5) is 5.69 Å². The predicted octanol–water partition coefficient (Wildman–Crippen LogP) is 5.05. The number of nitrogens with zero attached hydrogens (tertiary/aromatic N) is 2. The number of benzene rings is 1. The maximum absolute atomic E-state index is 13.3. The van der Waals surface area contributed by atoms with Crippen LogP contribution in [0, 0.1) is 6.92 Å². The first-order valence-electron chi connectivity index (χ1n) is 9.28. The molecular weight excluding hydrogens is 418 g/mol. The van der Waals surface area contributed by atoms with Crippen molar-refractivity contribution in [2.75, 3.05) is 11.9 Å². The molecular formula is C22H19N3O3S2. The summed E-state index contributed by atoms with van der Waals surface area (Å²) in [6.45, 7) is 1.91. The molecule has 152 valence electrons. The second-order valence-electron chi connectivity index (χ2n) is 6.57. The predicted molar refractivity (Wildman–Crippen MR) is 119 cm³/mol. The molecule has 6 nitrogen and oxygen atoms in total. The first kappa shape index (κ1) is 20.1. The minimum atomic E-state index is -0.276. The molecule has 0 bridgehead atoms. The first-order valence-corrected chi connectivity index (χ1v) is 11.0. The van der Waals surface area contributed by atoms with Gasteiger partial charge in [-0.3, -0.25) is 9.59 Å². The van der Waals surface area contributed by atoms with Crippen LogP contribution in [-0.2, 0) is 11.3 Å². The Bertz CT molecular complexity index is 1120. The van der Waals surface area contributed by atoms with E-state index in [-0.39, 0.29) is 24.9 Å². The fourth-order valence-electron chi connectivity index (χ4n) is 2.93. The molecule has 8 heteroatoms. The maximum atomic E-state index is 13.3. The van der Waals surface area contributed by atoms with E-state index in [1.54, 1.807) is 41.9 Å². The van der Waals surface area contributed by atoms with Gasteiger partial charge in [0.05, 0.1) is 23.4 Å². The van der Waals surface area contributed by atoms with Crippen molar-refractivity contribution < 1.29 is 14.0 Å². The van der Waals surface area contributed by atoms with Crippen LogP contribution < -0.4 is 5.32 Å². The van der Waals surface area contributed by atoms with E-state index in [9.17, 15) is 9.59 Å². The zero-order valence-corrected chi connectivity index (χ0v) is 17.8. The van der Waals surface area contributed by atoms with E-state index in [1.165, 1.54) is 16.2 Å². The largest absolute Gasteiger partial charge is 0.467 e.